The molecule has 10 heteroatoms. The summed E-state index contributed by atoms with van der Waals surface area (Å²) >= 11 is 14.1. The fourth-order valence-electron chi connectivity index (χ4n) is 3.41. The third-order valence-electron chi connectivity index (χ3n) is 5.34. The maximum absolute atomic E-state index is 12.8. The number of rotatable bonds is 6. The van der Waals surface area contributed by atoms with Gasteiger partial charge in [-0.3, -0.25) is 9.69 Å². The van der Waals surface area contributed by atoms with Crippen LogP contribution < -0.4 is 4.74 Å². The van der Waals surface area contributed by atoms with Gasteiger partial charge in [0.2, 0.25) is 0 Å². The van der Waals surface area contributed by atoms with Gasteiger partial charge in [-0.1, -0.05) is 41.4 Å². The van der Waals surface area contributed by atoms with Gasteiger partial charge < -0.3 is 9.47 Å². The third-order valence-corrected chi connectivity index (χ3v) is 6.97. The van der Waals surface area contributed by atoms with E-state index >= 15 is 0 Å². The number of ether oxygens (including phenoxy) is 2. The van der Waals surface area contributed by atoms with Crippen LogP contribution in [0.5, 0.6) is 5.75 Å². The van der Waals surface area contributed by atoms with Crippen molar-refractivity contribution in [2.24, 2.45) is 4.99 Å². The largest absolute Gasteiger partial charge is 0.486 e. The number of methoxy groups -OCH3 is 1. The lowest BCUT2D eigenvalue weighted by atomic mass is 10.1. The smallest absolute Gasteiger partial charge is 0.337 e. The highest BCUT2D eigenvalue weighted by Gasteiger charge is 2.30. The van der Waals surface area contributed by atoms with Crippen molar-refractivity contribution in [3.05, 3.63) is 97.9 Å². The molecule has 0 N–H and O–H groups in total. The molecule has 1 aliphatic rings. The summed E-state index contributed by atoms with van der Waals surface area (Å²) in [6, 6.07) is 19.1. The molecule has 7 nitrogen and oxygen atoms in total. The summed E-state index contributed by atoms with van der Waals surface area (Å²) < 4.78 is 10.5. The number of likely N-dealkylation sites (N-methyl/N-ethyl adjacent to an activating group) is 1. The van der Waals surface area contributed by atoms with Crippen LogP contribution in [0.2, 0.25) is 10.0 Å². The molecule has 0 spiro atoms. The molecule has 4 rings (SSSR count). The van der Waals surface area contributed by atoms with Crippen LogP contribution in [0.15, 0.2) is 70.6 Å². The second kappa shape index (κ2) is 11.5. The van der Waals surface area contributed by atoms with Crippen LogP contribution in [0.3, 0.4) is 0 Å². The summed E-state index contributed by atoms with van der Waals surface area (Å²) in [5, 5.41) is 10.3. The number of thioether (sulfide) groups is 1. The van der Waals surface area contributed by atoms with Gasteiger partial charge in [0.15, 0.2) is 10.9 Å². The lowest BCUT2D eigenvalue weighted by Gasteiger charge is -2.12. The number of aliphatic imine (C=N–C) groups is 1. The molecule has 0 atom stereocenters. The predicted octanol–water partition coefficient (Wildman–Crippen LogP) is 6.46. The number of benzene rings is 3. The lowest BCUT2D eigenvalue weighted by molar-refractivity contribution is -0.121. The molecular weight excluding hydrogens is 533 g/mol. The van der Waals surface area contributed by atoms with E-state index in [1.807, 2.05) is 6.07 Å². The standard InChI is InChI=1S/C27H19Cl2N3O4S/c1-32-25(33)23(37-27(32)31-20-9-7-17(8-10-20)26(34)35-2)13-16-11-21(28)24(22(29)12-16)36-15-19-6-4-3-5-18(19)14-30/h3-13H,15H2,1-2H3/b23-13-,31-27?. The van der Waals surface area contributed by atoms with Gasteiger partial charge in [0.1, 0.15) is 6.61 Å². The monoisotopic (exact) mass is 551 g/mol. The average Bonchev–Trinajstić information content (AvgIpc) is 3.15. The van der Waals surface area contributed by atoms with Gasteiger partial charge in [0, 0.05) is 12.6 Å². The Balaban J connectivity index is 1.52. The van der Waals surface area contributed by atoms with Crippen molar-refractivity contribution < 1.29 is 19.1 Å². The molecule has 0 bridgehead atoms. The molecule has 0 radical (unpaired) electrons. The number of hydrogen-bond acceptors (Lipinski definition) is 7. The summed E-state index contributed by atoms with van der Waals surface area (Å²) in [4.78, 5) is 30.8. The quantitative estimate of drug-likeness (QED) is 0.257. The van der Waals surface area contributed by atoms with Crippen molar-refractivity contribution >= 4 is 63.8 Å². The van der Waals surface area contributed by atoms with E-state index in [2.05, 4.69) is 11.1 Å². The first-order valence-corrected chi connectivity index (χ1v) is 12.4. The van der Waals surface area contributed by atoms with E-state index in [1.54, 1.807) is 67.7 Å². The van der Waals surface area contributed by atoms with Gasteiger partial charge >= 0.3 is 5.97 Å². The highest BCUT2D eigenvalue weighted by atomic mass is 35.5. The Hall–Kier alpha value is -3.77. The maximum atomic E-state index is 12.8. The minimum Gasteiger partial charge on any atom is -0.486 e. The third kappa shape index (κ3) is 5.97. The van der Waals surface area contributed by atoms with Crippen LogP contribution in [-0.4, -0.2) is 36.1 Å². The summed E-state index contributed by atoms with van der Waals surface area (Å²) in [5.74, 6) is -0.373. The summed E-state index contributed by atoms with van der Waals surface area (Å²) in [7, 11) is 2.95. The highest BCUT2D eigenvalue weighted by Crippen LogP contribution is 2.38. The molecule has 37 heavy (non-hydrogen) atoms. The first-order valence-electron chi connectivity index (χ1n) is 10.8. The molecule has 0 aromatic heterocycles. The van der Waals surface area contributed by atoms with E-state index in [9.17, 15) is 14.9 Å². The average molecular weight is 552 g/mol. The van der Waals surface area contributed by atoms with Crippen LogP contribution in [0.1, 0.15) is 27.0 Å². The van der Waals surface area contributed by atoms with Gasteiger partial charge in [0.25, 0.3) is 5.91 Å². The zero-order valence-electron chi connectivity index (χ0n) is 19.7. The van der Waals surface area contributed by atoms with E-state index in [4.69, 9.17) is 32.7 Å². The molecule has 1 saturated heterocycles. The Morgan fingerprint density at radius 3 is 2.46 bits per heavy atom. The number of esters is 1. The normalized spacial score (nSPS) is 15.2. The second-order valence-corrected chi connectivity index (χ2v) is 9.60. The van der Waals surface area contributed by atoms with Crippen LogP contribution in [0.25, 0.3) is 6.08 Å². The van der Waals surface area contributed by atoms with Gasteiger partial charge in [-0.2, -0.15) is 5.26 Å². The van der Waals surface area contributed by atoms with E-state index in [-0.39, 0.29) is 22.6 Å². The SMILES string of the molecule is COC(=O)c1ccc(N=C2S/C(=C\c3cc(Cl)c(OCc4ccccc4C#N)c(Cl)c3)C(=O)N2C)cc1. The topological polar surface area (TPSA) is 92.0 Å². The minimum absolute atomic E-state index is 0.128. The zero-order chi connectivity index (χ0) is 26.5. The van der Waals surface area contributed by atoms with Gasteiger partial charge in [-0.15, -0.1) is 0 Å². The van der Waals surface area contributed by atoms with Crippen LogP contribution in [-0.2, 0) is 16.1 Å². The Kier molecular flexibility index (Phi) is 8.19. The number of halogens is 2. The van der Waals surface area contributed by atoms with E-state index in [0.29, 0.717) is 43.8 Å². The lowest BCUT2D eigenvalue weighted by Crippen LogP contribution is -2.23. The van der Waals surface area contributed by atoms with Crippen LogP contribution in [0.4, 0.5) is 5.69 Å². The molecule has 1 amide bonds. The van der Waals surface area contributed by atoms with Gasteiger partial charge in [-0.05, 0) is 65.9 Å². The number of carbonyl (C=O) groups is 2. The van der Waals surface area contributed by atoms with Crippen molar-refractivity contribution in [3.63, 3.8) is 0 Å². The molecule has 1 fully saturated rings. The molecule has 0 saturated carbocycles. The molecule has 3 aromatic carbocycles. The molecule has 0 unspecified atom stereocenters. The number of amides is 1. The van der Waals surface area contributed by atoms with Crippen molar-refractivity contribution in [1.82, 2.24) is 4.90 Å². The summed E-state index contributed by atoms with van der Waals surface area (Å²) in [6.45, 7) is 0.128. The van der Waals surface area contributed by atoms with Crippen molar-refractivity contribution in [2.45, 2.75) is 6.61 Å². The Bertz CT molecular complexity index is 1460. The first-order chi connectivity index (χ1) is 17.8. The molecule has 1 heterocycles. The number of amidine groups is 1. The zero-order valence-corrected chi connectivity index (χ0v) is 22.0. The summed E-state index contributed by atoms with van der Waals surface area (Å²) in [6.07, 6.45) is 1.68. The van der Waals surface area contributed by atoms with Gasteiger partial charge in [0.05, 0.1) is 44.9 Å². The van der Waals surface area contributed by atoms with Crippen molar-refractivity contribution in [3.8, 4) is 11.8 Å². The Morgan fingerprint density at radius 2 is 1.81 bits per heavy atom. The van der Waals surface area contributed by atoms with Gasteiger partial charge in [-0.25, -0.2) is 9.79 Å². The number of nitrogens with zero attached hydrogens (tertiary/aromatic N) is 3. The maximum Gasteiger partial charge on any atom is 0.337 e. The highest BCUT2D eigenvalue weighted by molar-refractivity contribution is 8.18. The van der Waals surface area contributed by atoms with E-state index in [0.717, 1.165) is 0 Å². The molecular formula is C27H19Cl2N3O4S. The Labute approximate surface area is 227 Å². The fourth-order valence-corrected chi connectivity index (χ4v) is 5.01. The molecule has 3 aromatic rings. The number of hydrogen-bond donors (Lipinski definition) is 0. The van der Waals surface area contributed by atoms with Crippen LogP contribution in [0, 0.1) is 11.3 Å². The number of carbonyl (C=O) groups excluding carboxylic acids is 2. The predicted molar refractivity (Wildman–Crippen MR) is 145 cm³/mol. The molecule has 1 aliphatic heterocycles. The Morgan fingerprint density at radius 1 is 1.14 bits per heavy atom. The number of nitriles is 1. The van der Waals surface area contributed by atoms with E-state index in [1.165, 1.54) is 23.8 Å². The molecule has 186 valence electrons. The van der Waals surface area contributed by atoms with Crippen molar-refractivity contribution in [2.75, 3.05) is 14.2 Å². The minimum atomic E-state index is -0.437. The van der Waals surface area contributed by atoms with Crippen molar-refractivity contribution in [1.29, 1.82) is 5.26 Å². The first kappa shape index (κ1) is 26.3. The molecule has 0 aliphatic carbocycles. The van der Waals surface area contributed by atoms with E-state index < -0.39 is 5.97 Å². The summed E-state index contributed by atoms with van der Waals surface area (Å²) in [5.41, 5.74) is 2.83. The fraction of sp³-hybridized carbons (Fsp3) is 0.111. The second-order valence-electron chi connectivity index (χ2n) is 7.78. The van der Waals surface area contributed by atoms with Crippen LogP contribution >= 0.6 is 35.0 Å².